The second-order valence-electron chi connectivity index (χ2n) is 6.18. The van der Waals surface area contributed by atoms with E-state index in [1.54, 1.807) is 6.92 Å². The van der Waals surface area contributed by atoms with Crippen LogP contribution in [-0.2, 0) is 14.8 Å². The van der Waals surface area contributed by atoms with Gasteiger partial charge < -0.3 is 4.74 Å². The molecule has 2 aromatic carbocycles. The molecular weight excluding hydrogens is 373 g/mol. The Balaban J connectivity index is 2.25. The van der Waals surface area contributed by atoms with Gasteiger partial charge in [-0.1, -0.05) is 6.07 Å². The first-order chi connectivity index (χ1) is 12.5. The third kappa shape index (κ3) is 4.58. The van der Waals surface area contributed by atoms with Crippen molar-refractivity contribution in [3.05, 3.63) is 65.0 Å². The van der Waals surface area contributed by atoms with Crippen molar-refractivity contribution >= 4 is 21.8 Å². The van der Waals surface area contributed by atoms with E-state index in [4.69, 9.17) is 4.74 Å². The van der Waals surface area contributed by atoms with Crippen LogP contribution in [0.15, 0.2) is 47.4 Å². The maximum absolute atomic E-state index is 13.0. The van der Waals surface area contributed by atoms with Gasteiger partial charge in [-0.05, 0) is 55.8 Å². The second-order valence-corrected chi connectivity index (χ2v) is 8.33. The predicted octanol–water partition coefficient (Wildman–Crippen LogP) is 2.81. The number of halogens is 1. The summed E-state index contributed by atoms with van der Waals surface area (Å²) in [5.74, 6) is -1.78. The number of aryl methyl sites for hydroxylation is 1. The van der Waals surface area contributed by atoms with Gasteiger partial charge >= 0.3 is 5.97 Å². The first-order valence-corrected chi connectivity index (χ1v) is 9.52. The smallest absolute Gasteiger partial charge is 0.339 e. The summed E-state index contributed by atoms with van der Waals surface area (Å²) in [4.78, 5) is 24.7. The van der Waals surface area contributed by atoms with Gasteiger partial charge in [-0.15, -0.1) is 0 Å². The van der Waals surface area contributed by atoms with Crippen LogP contribution >= 0.6 is 0 Å². The second kappa shape index (κ2) is 7.98. The highest BCUT2D eigenvalue weighted by Crippen LogP contribution is 2.20. The van der Waals surface area contributed by atoms with E-state index < -0.39 is 33.7 Å². The molecule has 0 spiro atoms. The molecule has 0 saturated heterocycles. The summed E-state index contributed by atoms with van der Waals surface area (Å²) in [6.45, 7) is 3.04. The number of rotatable bonds is 6. The van der Waals surface area contributed by atoms with E-state index in [0.717, 1.165) is 16.4 Å². The third-order valence-electron chi connectivity index (χ3n) is 3.99. The molecule has 0 saturated carbocycles. The van der Waals surface area contributed by atoms with Gasteiger partial charge in [0.25, 0.3) is 0 Å². The maximum Gasteiger partial charge on any atom is 0.339 e. The molecule has 1 atom stereocenters. The van der Waals surface area contributed by atoms with E-state index in [-0.39, 0.29) is 16.0 Å². The van der Waals surface area contributed by atoms with Gasteiger partial charge in [0.15, 0.2) is 6.10 Å². The Kier molecular flexibility index (Phi) is 6.12. The van der Waals surface area contributed by atoms with Gasteiger partial charge in [0, 0.05) is 19.7 Å². The number of ketones is 1. The highest BCUT2D eigenvalue weighted by atomic mass is 32.2. The molecular formula is C19H20FNO5S. The predicted molar refractivity (Wildman–Crippen MR) is 97.7 cm³/mol. The van der Waals surface area contributed by atoms with Crippen molar-refractivity contribution in [2.45, 2.75) is 24.8 Å². The zero-order valence-corrected chi connectivity index (χ0v) is 16.2. The minimum atomic E-state index is -3.72. The molecule has 0 N–H and O–H groups in total. The number of carbonyl (C=O) groups is 2. The van der Waals surface area contributed by atoms with E-state index >= 15 is 0 Å². The number of ether oxygens (including phenoxy) is 1. The summed E-state index contributed by atoms with van der Waals surface area (Å²) in [6, 6.07) is 9.01. The Morgan fingerprint density at radius 1 is 1.07 bits per heavy atom. The van der Waals surface area contributed by atoms with E-state index in [0.29, 0.717) is 5.56 Å². The summed E-state index contributed by atoms with van der Waals surface area (Å²) in [7, 11) is -0.947. The lowest BCUT2D eigenvalue weighted by Crippen LogP contribution is -2.25. The fraction of sp³-hybridized carbons (Fsp3) is 0.263. The fourth-order valence-corrected chi connectivity index (χ4v) is 3.25. The van der Waals surface area contributed by atoms with Crippen LogP contribution in [0.2, 0.25) is 0 Å². The zero-order valence-electron chi connectivity index (χ0n) is 15.4. The molecule has 2 rings (SSSR count). The minimum Gasteiger partial charge on any atom is -0.451 e. The summed E-state index contributed by atoms with van der Waals surface area (Å²) in [5, 5.41) is 0. The highest BCUT2D eigenvalue weighted by Gasteiger charge is 2.24. The number of carbonyl (C=O) groups excluding carboxylic acids is 2. The lowest BCUT2D eigenvalue weighted by atomic mass is 10.1. The molecule has 0 aliphatic carbocycles. The van der Waals surface area contributed by atoms with Crippen LogP contribution in [0.1, 0.15) is 33.2 Å². The molecule has 0 aromatic heterocycles. The van der Waals surface area contributed by atoms with Crippen molar-refractivity contribution < 1.29 is 27.1 Å². The number of hydrogen-bond donors (Lipinski definition) is 0. The van der Waals surface area contributed by atoms with Crippen LogP contribution in [0, 0.1) is 12.7 Å². The Morgan fingerprint density at radius 2 is 1.67 bits per heavy atom. The van der Waals surface area contributed by atoms with Crippen LogP contribution in [0.3, 0.4) is 0 Å². The number of benzene rings is 2. The van der Waals surface area contributed by atoms with Crippen molar-refractivity contribution in [2.24, 2.45) is 0 Å². The highest BCUT2D eigenvalue weighted by molar-refractivity contribution is 7.89. The van der Waals surface area contributed by atoms with Crippen molar-refractivity contribution in [3.8, 4) is 0 Å². The van der Waals surface area contributed by atoms with Crippen molar-refractivity contribution in [1.82, 2.24) is 4.31 Å². The summed E-state index contributed by atoms with van der Waals surface area (Å²) < 4.78 is 43.7. The summed E-state index contributed by atoms with van der Waals surface area (Å²) in [6.07, 6.45) is -1.11. The average Bonchev–Trinajstić information content (AvgIpc) is 2.61. The van der Waals surface area contributed by atoms with Crippen LogP contribution in [-0.4, -0.2) is 44.7 Å². The normalized spacial score (nSPS) is 12.7. The van der Waals surface area contributed by atoms with Gasteiger partial charge in [-0.2, -0.15) is 0 Å². The Bertz CT molecular complexity index is 968. The first kappa shape index (κ1) is 20.7. The SMILES string of the molecule is Cc1ccc(S(=O)(=O)N(C)C)cc1C(=O)O[C@@H](C)C(=O)c1ccc(F)cc1. The van der Waals surface area contributed by atoms with Crippen LogP contribution < -0.4 is 0 Å². The van der Waals surface area contributed by atoms with E-state index in [2.05, 4.69) is 0 Å². The Morgan fingerprint density at radius 3 is 2.22 bits per heavy atom. The quantitative estimate of drug-likeness (QED) is 0.557. The van der Waals surface area contributed by atoms with Crippen molar-refractivity contribution in [2.75, 3.05) is 14.1 Å². The largest absolute Gasteiger partial charge is 0.451 e. The Labute approximate surface area is 157 Å². The molecule has 0 heterocycles. The molecule has 6 nitrogen and oxygen atoms in total. The minimum absolute atomic E-state index is 0.0525. The zero-order chi connectivity index (χ0) is 20.4. The molecule has 0 bridgehead atoms. The third-order valence-corrected chi connectivity index (χ3v) is 5.80. The Hall–Kier alpha value is -2.58. The lowest BCUT2D eigenvalue weighted by molar-refractivity contribution is 0.0318. The maximum atomic E-state index is 13.0. The van der Waals surface area contributed by atoms with E-state index in [9.17, 15) is 22.4 Å². The molecule has 8 heteroatoms. The molecule has 27 heavy (non-hydrogen) atoms. The van der Waals surface area contributed by atoms with Gasteiger partial charge in [0.2, 0.25) is 15.8 Å². The topological polar surface area (TPSA) is 80.8 Å². The fourth-order valence-electron chi connectivity index (χ4n) is 2.32. The van der Waals surface area contributed by atoms with Crippen LogP contribution in [0.25, 0.3) is 0 Å². The molecule has 0 aliphatic rings. The molecule has 0 aliphatic heterocycles. The number of hydrogen-bond acceptors (Lipinski definition) is 5. The lowest BCUT2D eigenvalue weighted by Gasteiger charge is -2.15. The van der Waals surface area contributed by atoms with Gasteiger partial charge in [-0.25, -0.2) is 21.9 Å². The number of nitrogens with zero attached hydrogens (tertiary/aromatic N) is 1. The molecule has 0 fully saturated rings. The van der Waals surface area contributed by atoms with Crippen molar-refractivity contribution in [3.63, 3.8) is 0 Å². The molecule has 0 unspecified atom stereocenters. The number of Topliss-reactive ketones (excluding diaryl/α,β-unsaturated/α-hetero) is 1. The van der Waals surface area contributed by atoms with Crippen molar-refractivity contribution in [1.29, 1.82) is 0 Å². The molecule has 144 valence electrons. The number of esters is 1. The molecule has 0 radical (unpaired) electrons. The summed E-state index contributed by atoms with van der Waals surface area (Å²) in [5.41, 5.74) is 0.771. The molecule has 2 aromatic rings. The average molecular weight is 393 g/mol. The monoisotopic (exact) mass is 393 g/mol. The van der Waals surface area contributed by atoms with Crippen LogP contribution in [0.4, 0.5) is 4.39 Å². The van der Waals surface area contributed by atoms with Crippen LogP contribution in [0.5, 0.6) is 0 Å². The molecule has 0 amide bonds. The standard InChI is InChI=1S/C19H20FNO5S/c1-12-5-10-16(27(24,25)21(3)4)11-17(12)19(23)26-13(2)18(22)14-6-8-15(20)9-7-14/h5-11,13H,1-4H3/t13-/m0/s1. The number of sulfonamides is 1. The first-order valence-electron chi connectivity index (χ1n) is 8.08. The van der Waals surface area contributed by atoms with E-state index in [1.807, 2.05) is 0 Å². The van der Waals surface area contributed by atoms with Gasteiger partial charge in [0.05, 0.1) is 10.5 Å². The summed E-state index contributed by atoms with van der Waals surface area (Å²) >= 11 is 0. The van der Waals surface area contributed by atoms with Gasteiger partial charge in [0.1, 0.15) is 5.82 Å². The van der Waals surface area contributed by atoms with E-state index in [1.165, 1.54) is 51.4 Å². The van der Waals surface area contributed by atoms with Gasteiger partial charge in [-0.3, -0.25) is 4.79 Å².